The molecule has 2 N–H and O–H groups in total. The van der Waals surface area contributed by atoms with Crippen LogP contribution in [-0.2, 0) is 12.8 Å². The number of halogens is 1. The molecule has 100 valence electrons. The van der Waals surface area contributed by atoms with Gasteiger partial charge in [-0.3, -0.25) is 0 Å². The van der Waals surface area contributed by atoms with Crippen LogP contribution in [0.5, 0.6) is 0 Å². The van der Waals surface area contributed by atoms with Gasteiger partial charge in [-0.25, -0.2) is 0 Å². The quantitative estimate of drug-likeness (QED) is 0.851. The molecule has 0 aliphatic rings. The Kier molecular flexibility index (Phi) is 5.00. The van der Waals surface area contributed by atoms with Gasteiger partial charge in [0, 0.05) is 11.1 Å². The van der Waals surface area contributed by atoms with Gasteiger partial charge in [-0.05, 0) is 35.6 Å². The maximum absolute atomic E-state index is 6.30. The zero-order valence-corrected chi connectivity index (χ0v) is 12.0. The lowest BCUT2D eigenvalue weighted by Gasteiger charge is -2.14. The largest absolute Gasteiger partial charge is 0.324 e. The smallest absolute Gasteiger partial charge is 0.0438 e. The highest BCUT2D eigenvalue weighted by Gasteiger charge is 2.09. The minimum absolute atomic E-state index is 0.00305. The summed E-state index contributed by atoms with van der Waals surface area (Å²) in [5.74, 6) is 0. The lowest BCUT2D eigenvalue weighted by atomic mass is 9.97. The molecule has 1 atom stereocenters. The van der Waals surface area contributed by atoms with Crippen molar-refractivity contribution in [2.75, 3.05) is 0 Å². The van der Waals surface area contributed by atoms with Crippen LogP contribution in [0.2, 0.25) is 5.02 Å². The first kappa shape index (κ1) is 14.1. The Morgan fingerprint density at radius 1 is 1.11 bits per heavy atom. The molecule has 0 aliphatic carbocycles. The Morgan fingerprint density at radius 2 is 1.89 bits per heavy atom. The lowest BCUT2D eigenvalue weighted by molar-refractivity contribution is 0.720. The molecule has 0 radical (unpaired) electrons. The second-order valence-corrected chi connectivity index (χ2v) is 5.30. The van der Waals surface area contributed by atoms with E-state index in [0.29, 0.717) is 0 Å². The summed E-state index contributed by atoms with van der Waals surface area (Å²) in [6, 6.07) is 16.5. The van der Waals surface area contributed by atoms with E-state index >= 15 is 0 Å². The maximum Gasteiger partial charge on any atom is 0.0438 e. The minimum Gasteiger partial charge on any atom is -0.324 e. The topological polar surface area (TPSA) is 26.0 Å². The molecule has 0 spiro atoms. The Bertz CT molecular complexity index is 536. The molecular formula is C17H20ClN. The third kappa shape index (κ3) is 3.82. The van der Waals surface area contributed by atoms with Crippen LogP contribution < -0.4 is 5.73 Å². The van der Waals surface area contributed by atoms with Gasteiger partial charge in [0.05, 0.1) is 0 Å². The first-order valence-corrected chi connectivity index (χ1v) is 7.16. The third-order valence-corrected chi connectivity index (χ3v) is 3.68. The highest BCUT2D eigenvalue weighted by atomic mass is 35.5. The van der Waals surface area contributed by atoms with Crippen LogP contribution in [0.25, 0.3) is 0 Å². The van der Waals surface area contributed by atoms with Crippen molar-refractivity contribution in [2.24, 2.45) is 5.73 Å². The number of aryl methyl sites for hydroxylation is 1. The molecule has 0 bridgehead atoms. The van der Waals surface area contributed by atoms with Crippen LogP contribution in [-0.4, -0.2) is 0 Å². The Hall–Kier alpha value is -1.31. The van der Waals surface area contributed by atoms with Gasteiger partial charge >= 0.3 is 0 Å². The maximum atomic E-state index is 6.30. The zero-order chi connectivity index (χ0) is 13.7. The van der Waals surface area contributed by atoms with Crippen molar-refractivity contribution in [3.05, 3.63) is 70.2 Å². The predicted molar refractivity (Wildman–Crippen MR) is 82.5 cm³/mol. The number of benzene rings is 2. The van der Waals surface area contributed by atoms with E-state index in [1.54, 1.807) is 0 Å². The second kappa shape index (κ2) is 6.74. The fourth-order valence-electron chi connectivity index (χ4n) is 2.29. The molecule has 2 aromatic rings. The fraction of sp³-hybridized carbons (Fsp3) is 0.294. The van der Waals surface area contributed by atoms with E-state index in [4.69, 9.17) is 17.3 Å². The van der Waals surface area contributed by atoms with E-state index < -0.39 is 0 Å². The van der Waals surface area contributed by atoms with E-state index in [2.05, 4.69) is 31.2 Å². The minimum atomic E-state index is -0.00305. The zero-order valence-electron chi connectivity index (χ0n) is 11.3. The van der Waals surface area contributed by atoms with Gasteiger partial charge in [0.25, 0.3) is 0 Å². The van der Waals surface area contributed by atoms with Crippen molar-refractivity contribution in [3.8, 4) is 0 Å². The molecule has 19 heavy (non-hydrogen) atoms. The van der Waals surface area contributed by atoms with Crippen LogP contribution >= 0.6 is 11.6 Å². The summed E-state index contributed by atoms with van der Waals surface area (Å²) in [6.07, 6.45) is 3.03. The number of hydrogen-bond donors (Lipinski definition) is 1. The number of rotatable bonds is 5. The second-order valence-electron chi connectivity index (χ2n) is 4.90. The van der Waals surface area contributed by atoms with Crippen LogP contribution in [0, 0.1) is 0 Å². The fourth-order valence-corrected chi connectivity index (χ4v) is 2.50. The highest BCUT2D eigenvalue weighted by Crippen LogP contribution is 2.22. The average molecular weight is 274 g/mol. The predicted octanol–water partition coefficient (Wildman–Crippen LogP) is 4.54. The molecule has 1 unspecified atom stereocenters. The van der Waals surface area contributed by atoms with Crippen molar-refractivity contribution in [3.63, 3.8) is 0 Å². The molecule has 2 heteroatoms. The SMILES string of the molecule is CCCc1cccc(C(N)Cc2ccccc2Cl)c1. The van der Waals surface area contributed by atoms with Gasteiger partial charge in [0.2, 0.25) is 0 Å². The van der Waals surface area contributed by atoms with E-state index in [-0.39, 0.29) is 6.04 Å². The molecule has 0 amide bonds. The van der Waals surface area contributed by atoms with Crippen LogP contribution in [0.4, 0.5) is 0 Å². The van der Waals surface area contributed by atoms with Gasteiger partial charge in [0.1, 0.15) is 0 Å². The molecule has 0 saturated heterocycles. The van der Waals surface area contributed by atoms with Gasteiger partial charge in [-0.15, -0.1) is 0 Å². The first-order valence-electron chi connectivity index (χ1n) is 6.78. The van der Waals surface area contributed by atoms with E-state index in [1.807, 2.05) is 24.3 Å². The Labute approximate surface area is 120 Å². The molecule has 0 aromatic heterocycles. The van der Waals surface area contributed by atoms with E-state index in [1.165, 1.54) is 11.1 Å². The number of nitrogens with two attached hydrogens (primary N) is 1. The highest BCUT2D eigenvalue weighted by molar-refractivity contribution is 6.31. The van der Waals surface area contributed by atoms with E-state index in [0.717, 1.165) is 29.8 Å². The van der Waals surface area contributed by atoms with Crippen molar-refractivity contribution in [1.29, 1.82) is 0 Å². The average Bonchev–Trinajstić information content (AvgIpc) is 2.42. The molecule has 0 saturated carbocycles. The molecule has 0 heterocycles. The monoisotopic (exact) mass is 273 g/mol. The normalized spacial score (nSPS) is 12.4. The molecular weight excluding hydrogens is 254 g/mol. The summed E-state index contributed by atoms with van der Waals surface area (Å²) >= 11 is 6.18. The van der Waals surface area contributed by atoms with E-state index in [9.17, 15) is 0 Å². The molecule has 0 fully saturated rings. The van der Waals surface area contributed by atoms with Crippen LogP contribution in [0.1, 0.15) is 36.1 Å². The summed E-state index contributed by atoms with van der Waals surface area (Å²) in [5, 5.41) is 0.794. The number of hydrogen-bond acceptors (Lipinski definition) is 1. The van der Waals surface area contributed by atoms with Gasteiger partial charge in [0.15, 0.2) is 0 Å². The molecule has 2 rings (SSSR count). The summed E-state index contributed by atoms with van der Waals surface area (Å²) in [5.41, 5.74) is 9.95. The molecule has 2 aromatic carbocycles. The molecule has 0 aliphatic heterocycles. The van der Waals surface area contributed by atoms with Crippen LogP contribution in [0.3, 0.4) is 0 Å². The lowest BCUT2D eigenvalue weighted by Crippen LogP contribution is -2.13. The van der Waals surface area contributed by atoms with Crippen molar-refractivity contribution < 1.29 is 0 Å². The molecule has 1 nitrogen and oxygen atoms in total. The first-order chi connectivity index (χ1) is 9.20. The summed E-state index contributed by atoms with van der Waals surface area (Å²) in [7, 11) is 0. The standard InChI is InChI=1S/C17H20ClN/c1-2-6-13-7-5-9-15(11-13)17(19)12-14-8-3-4-10-16(14)18/h3-5,7-11,17H,2,6,12,19H2,1H3. The van der Waals surface area contributed by atoms with Crippen LogP contribution in [0.15, 0.2) is 48.5 Å². The van der Waals surface area contributed by atoms with Crippen molar-refractivity contribution in [1.82, 2.24) is 0 Å². The van der Waals surface area contributed by atoms with Gasteiger partial charge < -0.3 is 5.73 Å². The summed E-state index contributed by atoms with van der Waals surface area (Å²) in [6.45, 7) is 2.19. The Balaban J connectivity index is 2.13. The van der Waals surface area contributed by atoms with Gasteiger partial charge in [-0.1, -0.05) is 67.4 Å². The third-order valence-electron chi connectivity index (χ3n) is 3.32. The van der Waals surface area contributed by atoms with Crippen molar-refractivity contribution in [2.45, 2.75) is 32.2 Å². The van der Waals surface area contributed by atoms with Crippen molar-refractivity contribution >= 4 is 11.6 Å². The summed E-state index contributed by atoms with van der Waals surface area (Å²) in [4.78, 5) is 0. The van der Waals surface area contributed by atoms with Gasteiger partial charge in [-0.2, -0.15) is 0 Å². The summed E-state index contributed by atoms with van der Waals surface area (Å²) < 4.78 is 0. The Morgan fingerprint density at radius 3 is 2.63 bits per heavy atom.